The summed E-state index contributed by atoms with van der Waals surface area (Å²) in [4.78, 5) is 23.5. The fourth-order valence-electron chi connectivity index (χ4n) is 2.02. The van der Waals surface area contributed by atoms with Gasteiger partial charge >= 0.3 is 5.97 Å². The lowest BCUT2D eigenvalue weighted by atomic mass is 10.0. The van der Waals surface area contributed by atoms with E-state index in [0.717, 1.165) is 17.0 Å². The van der Waals surface area contributed by atoms with Gasteiger partial charge in [0.15, 0.2) is 0 Å². The van der Waals surface area contributed by atoms with Gasteiger partial charge in [0.2, 0.25) is 5.91 Å². The van der Waals surface area contributed by atoms with Crippen LogP contribution in [-0.4, -0.2) is 34.8 Å². The summed E-state index contributed by atoms with van der Waals surface area (Å²) in [6, 6.07) is -0.650. The molecule has 0 bridgehead atoms. The van der Waals surface area contributed by atoms with Crippen LogP contribution in [0.15, 0.2) is 6.08 Å². The van der Waals surface area contributed by atoms with Gasteiger partial charge in [0, 0.05) is 24.4 Å². The van der Waals surface area contributed by atoms with Gasteiger partial charge in [-0.15, -0.1) is 0 Å². The normalized spacial score (nSPS) is 12.7. The van der Waals surface area contributed by atoms with Crippen molar-refractivity contribution in [2.75, 3.05) is 7.11 Å². The number of esters is 1. The molecule has 0 aliphatic carbocycles. The van der Waals surface area contributed by atoms with E-state index in [0.29, 0.717) is 0 Å². The van der Waals surface area contributed by atoms with Crippen molar-refractivity contribution >= 4 is 18.0 Å². The number of rotatable bonds is 5. The van der Waals surface area contributed by atoms with Crippen LogP contribution in [0.2, 0.25) is 0 Å². The van der Waals surface area contributed by atoms with Crippen LogP contribution in [0, 0.1) is 19.8 Å². The summed E-state index contributed by atoms with van der Waals surface area (Å²) in [5, 5.41) is 6.93. The van der Waals surface area contributed by atoms with Gasteiger partial charge in [-0.05, 0) is 25.8 Å². The van der Waals surface area contributed by atoms with Gasteiger partial charge in [-0.1, -0.05) is 13.8 Å². The number of aryl methyl sites for hydroxylation is 2. The van der Waals surface area contributed by atoms with Gasteiger partial charge in [0.25, 0.3) is 0 Å². The Bertz CT molecular complexity index is 559. The summed E-state index contributed by atoms with van der Waals surface area (Å²) in [5.74, 6) is -0.820. The highest BCUT2D eigenvalue weighted by molar-refractivity contribution is 5.94. The monoisotopic (exact) mass is 293 g/mol. The highest BCUT2D eigenvalue weighted by atomic mass is 16.5. The Hall–Kier alpha value is -2.11. The molecule has 1 rings (SSSR count). The van der Waals surface area contributed by atoms with Crippen LogP contribution in [0.25, 0.3) is 6.08 Å². The van der Waals surface area contributed by atoms with Gasteiger partial charge < -0.3 is 10.1 Å². The molecule has 0 fully saturated rings. The molecule has 0 saturated heterocycles. The first kappa shape index (κ1) is 16.9. The van der Waals surface area contributed by atoms with Gasteiger partial charge in [-0.3, -0.25) is 9.48 Å². The van der Waals surface area contributed by atoms with E-state index in [1.165, 1.54) is 13.2 Å². The first-order valence-electron chi connectivity index (χ1n) is 6.84. The minimum atomic E-state index is -0.650. The molecule has 21 heavy (non-hydrogen) atoms. The summed E-state index contributed by atoms with van der Waals surface area (Å²) < 4.78 is 6.45. The summed E-state index contributed by atoms with van der Waals surface area (Å²) >= 11 is 0. The van der Waals surface area contributed by atoms with Crippen molar-refractivity contribution in [1.82, 2.24) is 15.1 Å². The lowest BCUT2D eigenvalue weighted by Crippen LogP contribution is -2.44. The maximum Gasteiger partial charge on any atom is 0.328 e. The van der Waals surface area contributed by atoms with E-state index >= 15 is 0 Å². The minimum Gasteiger partial charge on any atom is -0.467 e. The standard InChI is InChI=1S/C15H23N3O3/c1-9(2)14(15(20)21-6)16-13(19)8-7-12-10(3)17-18(5)11(12)4/h7-9,14H,1-6H3,(H,16,19)/b8-7+. The van der Waals surface area contributed by atoms with E-state index in [2.05, 4.69) is 15.2 Å². The number of carbonyl (C=O) groups is 2. The second kappa shape index (κ2) is 7.06. The van der Waals surface area contributed by atoms with E-state index in [-0.39, 0.29) is 11.8 Å². The van der Waals surface area contributed by atoms with Crippen molar-refractivity contribution in [2.45, 2.75) is 33.7 Å². The molecule has 6 nitrogen and oxygen atoms in total. The Morgan fingerprint density at radius 2 is 1.95 bits per heavy atom. The second-order valence-corrected chi connectivity index (χ2v) is 5.29. The molecule has 1 atom stereocenters. The average molecular weight is 293 g/mol. The Balaban J connectivity index is 2.81. The first-order chi connectivity index (χ1) is 9.77. The third-order valence-corrected chi connectivity index (χ3v) is 3.39. The number of nitrogens with one attached hydrogen (secondary N) is 1. The van der Waals surface area contributed by atoms with Crippen LogP contribution in [0.1, 0.15) is 30.8 Å². The van der Waals surface area contributed by atoms with Crippen LogP contribution >= 0.6 is 0 Å². The number of nitrogens with zero attached hydrogens (tertiary/aromatic N) is 2. The van der Waals surface area contributed by atoms with Crippen molar-refractivity contribution in [2.24, 2.45) is 13.0 Å². The summed E-state index contributed by atoms with van der Waals surface area (Å²) in [6.45, 7) is 7.51. The van der Waals surface area contributed by atoms with E-state index in [9.17, 15) is 9.59 Å². The van der Waals surface area contributed by atoms with Gasteiger partial charge in [0.1, 0.15) is 6.04 Å². The molecule has 116 valence electrons. The van der Waals surface area contributed by atoms with E-state index < -0.39 is 12.0 Å². The van der Waals surface area contributed by atoms with E-state index in [1.54, 1.807) is 10.8 Å². The van der Waals surface area contributed by atoms with Crippen LogP contribution < -0.4 is 5.32 Å². The molecule has 6 heteroatoms. The smallest absolute Gasteiger partial charge is 0.328 e. The SMILES string of the molecule is COC(=O)C(NC(=O)/C=C/c1c(C)nn(C)c1C)C(C)C. The summed E-state index contributed by atoms with van der Waals surface area (Å²) in [6.07, 6.45) is 3.12. The van der Waals surface area contributed by atoms with Crippen LogP contribution in [-0.2, 0) is 21.4 Å². The highest BCUT2D eigenvalue weighted by Crippen LogP contribution is 2.13. The lowest BCUT2D eigenvalue weighted by molar-refractivity contribution is -0.145. The number of hydrogen-bond donors (Lipinski definition) is 1. The first-order valence-corrected chi connectivity index (χ1v) is 6.84. The molecule has 0 aromatic carbocycles. The Labute approximate surface area is 125 Å². The molecular formula is C15H23N3O3. The maximum atomic E-state index is 11.9. The third-order valence-electron chi connectivity index (χ3n) is 3.39. The van der Waals surface area contributed by atoms with Gasteiger partial charge in [0.05, 0.1) is 12.8 Å². The summed E-state index contributed by atoms with van der Waals surface area (Å²) in [5.41, 5.74) is 2.74. The highest BCUT2D eigenvalue weighted by Gasteiger charge is 2.24. The molecule has 1 unspecified atom stereocenters. The molecule has 1 N–H and O–H groups in total. The van der Waals surface area contributed by atoms with Crippen LogP contribution in [0.5, 0.6) is 0 Å². The van der Waals surface area contributed by atoms with E-state index in [1.807, 2.05) is 34.7 Å². The van der Waals surface area contributed by atoms with Gasteiger partial charge in [-0.2, -0.15) is 5.10 Å². The van der Waals surface area contributed by atoms with Crippen molar-refractivity contribution < 1.29 is 14.3 Å². The van der Waals surface area contributed by atoms with Gasteiger partial charge in [-0.25, -0.2) is 4.79 Å². The zero-order chi connectivity index (χ0) is 16.2. The number of hydrogen-bond acceptors (Lipinski definition) is 4. The van der Waals surface area contributed by atoms with Crippen LogP contribution in [0.4, 0.5) is 0 Å². The maximum absolute atomic E-state index is 11.9. The largest absolute Gasteiger partial charge is 0.467 e. The fraction of sp³-hybridized carbons (Fsp3) is 0.533. The van der Waals surface area contributed by atoms with Crippen LogP contribution in [0.3, 0.4) is 0 Å². The molecule has 0 aliphatic heterocycles. The lowest BCUT2D eigenvalue weighted by Gasteiger charge is -2.18. The molecule has 0 radical (unpaired) electrons. The zero-order valence-electron chi connectivity index (χ0n) is 13.4. The summed E-state index contributed by atoms with van der Waals surface area (Å²) in [7, 11) is 3.16. The third kappa shape index (κ3) is 4.18. The van der Waals surface area contributed by atoms with Crippen molar-refractivity contribution in [3.8, 4) is 0 Å². The topological polar surface area (TPSA) is 73.2 Å². The van der Waals surface area contributed by atoms with Crippen molar-refractivity contribution in [3.05, 3.63) is 23.0 Å². The number of ether oxygens (including phenoxy) is 1. The molecule has 0 aliphatic rings. The average Bonchev–Trinajstić information content (AvgIpc) is 2.66. The van der Waals surface area contributed by atoms with Crippen molar-refractivity contribution in [1.29, 1.82) is 0 Å². The number of amides is 1. The Kier molecular flexibility index (Phi) is 5.69. The quantitative estimate of drug-likeness (QED) is 0.657. The number of carbonyl (C=O) groups excluding carboxylic acids is 2. The number of methoxy groups -OCH3 is 1. The van der Waals surface area contributed by atoms with Crippen molar-refractivity contribution in [3.63, 3.8) is 0 Å². The predicted octanol–water partition coefficient (Wildman–Crippen LogP) is 1.36. The molecular weight excluding hydrogens is 270 g/mol. The molecule has 1 aromatic heterocycles. The second-order valence-electron chi connectivity index (χ2n) is 5.29. The molecule has 0 saturated carbocycles. The molecule has 1 heterocycles. The predicted molar refractivity (Wildman–Crippen MR) is 80.5 cm³/mol. The Morgan fingerprint density at radius 3 is 2.38 bits per heavy atom. The minimum absolute atomic E-state index is 0.0448. The molecule has 1 aromatic rings. The molecule has 1 amide bonds. The number of aromatic nitrogens is 2. The zero-order valence-corrected chi connectivity index (χ0v) is 13.4. The molecule has 0 spiro atoms. The Morgan fingerprint density at radius 1 is 1.33 bits per heavy atom. The van der Waals surface area contributed by atoms with E-state index in [4.69, 9.17) is 0 Å². The fourth-order valence-corrected chi connectivity index (χ4v) is 2.02.